The minimum absolute atomic E-state index is 0.00602. The van der Waals surface area contributed by atoms with E-state index < -0.39 is 17.8 Å². The molecule has 0 spiro atoms. The van der Waals surface area contributed by atoms with Gasteiger partial charge in [-0.05, 0) is 26.3 Å². The van der Waals surface area contributed by atoms with Crippen molar-refractivity contribution in [2.24, 2.45) is 5.11 Å². The van der Waals surface area contributed by atoms with Crippen molar-refractivity contribution in [1.82, 2.24) is 5.32 Å². The van der Waals surface area contributed by atoms with Crippen molar-refractivity contribution < 1.29 is 14.6 Å². The van der Waals surface area contributed by atoms with Crippen LogP contribution in [0.2, 0.25) is 0 Å². The molecule has 15 heavy (non-hydrogen) atoms. The van der Waals surface area contributed by atoms with Gasteiger partial charge in [-0.1, -0.05) is 5.11 Å². The molecule has 2 N–H and O–H groups in total. The predicted octanol–water partition coefficient (Wildman–Crippen LogP) is 1.18. The lowest BCUT2D eigenvalue weighted by Gasteiger charge is -2.20. The van der Waals surface area contributed by atoms with E-state index in [2.05, 4.69) is 15.3 Å². The number of rotatable bonds is 4. The monoisotopic (exact) mass is 216 g/mol. The van der Waals surface area contributed by atoms with Crippen molar-refractivity contribution in [3.05, 3.63) is 10.4 Å². The summed E-state index contributed by atoms with van der Waals surface area (Å²) in [6, 6.07) is 0. The second-order valence-corrected chi connectivity index (χ2v) is 3.95. The Labute approximate surface area is 88.0 Å². The second-order valence-electron chi connectivity index (χ2n) is 3.95. The fraction of sp³-hybridized carbons (Fsp3) is 0.875. The number of alkyl carbamates (subject to hydrolysis) is 1. The summed E-state index contributed by atoms with van der Waals surface area (Å²) in [5.74, 6) is 0. The molecule has 0 aliphatic carbocycles. The van der Waals surface area contributed by atoms with Crippen molar-refractivity contribution >= 4 is 6.09 Å². The first kappa shape index (κ1) is 13.5. The molecule has 0 bridgehead atoms. The fourth-order valence-corrected chi connectivity index (χ4v) is 0.711. The molecule has 7 nitrogen and oxygen atoms in total. The van der Waals surface area contributed by atoms with E-state index in [1.54, 1.807) is 20.8 Å². The first-order valence-corrected chi connectivity index (χ1v) is 4.51. The van der Waals surface area contributed by atoms with E-state index in [0.717, 1.165) is 0 Å². The van der Waals surface area contributed by atoms with Gasteiger partial charge in [0.1, 0.15) is 5.60 Å². The smallest absolute Gasteiger partial charge is 0.407 e. The van der Waals surface area contributed by atoms with Crippen LogP contribution >= 0.6 is 0 Å². The van der Waals surface area contributed by atoms with Crippen LogP contribution in [0, 0.1) is 0 Å². The topological polar surface area (TPSA) is 107 Å². The van der Waals surface area contributed by atoms with E-state index in [0.29, 0.717) is 0 Å². The molecule has 0 heterocycles. The molecule has 0 saturated heterocycles. The molecule has 86 valence electrons. The molecule has 0 saturated carbocycles. The van der Waals surface area contributed by atoms with Gasteiger partial charge in [-0.25, -0.2) is 4.79 Å². The Kier molecular flexibility index (Phi) is 5.51. The number of aliphatic hydroxyl groups is 1. The lowest BCUT2D eigenvalue weighted by atomic mass is 10.2. The summed E-state index contributed by atoms with van der Waals surface area (Å²) in [6.07, 6.45) is -1.50. The van der Waals surface area contributed by atoms with Gasteiger partial charge in [0, 0.05) is 11.5 Å². The van der Waals surface area contributed by atoms with Crippen LogP contribution in [-0.2, 0) is 4.74 Å². The van der Waals surface area contributed by atoms with E-state index >= 15 is 0 Å². The Morgan fingerprint density at radius 2 is 2.27 bits per heavy atom. The SMILES string of the molecule is CC(C)(C)OC(=O)NC[C@H](O)CN=[N+]=[N-]. The number of hydrogen-bond acceptors (Lipinski definition) is 4. The zero-order valence-corrected chi connectivity index (χ0v) is 9.10. The van der Waals surface area contributed by atoms with Gasteiger partial charge in [0.05, 0.1) is 12.6 Å². The number of hydrogen-bond donors (Lipinski definition) is 2. The molecule has 0 fully saturated rings. The highest BCUT2D eigenvalue weighted by Crippen LogP contribution is 2.06. The highest BCUT2D eigenvalue weighted by Gasteiger charge is 2.16. The second kappa shape index (κ2) is 6.10. The van der Waals surface area contributed by atoms with Crippen molar-refractivity contribution in [1.29, 1.82) is 0 Å². The molecule has 0 aliphatic rings. The number of ether oxygens (including phenoxy) is 1. The van der Waals surface area contributed by atoms with Gasteiger partial charge < -0.3 is 15.2 Å². The average Bonchev–Trinajstić information content (AvgIpc) is 2.08. The molecule has 0 unspecified atom stereocenters. The van der Waals surface area contributed by atoms with E-state index in [-0.39, 0.29) is 13.1 Å². The maximum absolute atomic E-state index is 11.1. The van der Waals surface area contributed by atoms with Crippen LogP contribution in [0.4, 0.5) is 4.79 Å². The summed E-state index contributed by atoms with van der Waals surface area (Å²) >= 11 is 0. The van der Waals surface area contributed by atoms with Gasteiger partial charge in [0.25, 0.3) is 0 Å². The summed E-state index contributed by atoms with van der Waals surface area (Å²) in [5.41, 5.74) is 7.41. The van der Waals surface area contributed by atoms with Gasteiger partial charge in [0.2, 0.25) is 0 Å². The molecule has 1 atom stereocenters. The van der Waals surface area contributed by atoms with Gasteiger partial charge in [-0.2, -0.15) is 0 Å². The Morgan fingerprint density at radius 3 is 2.73 bits per heavy atom. The van der Waals surface area contributed by atoms with Gasteiger partial charge >= 0.3 is 6.09 Å². The Bertz CT molecular complexity index is 255. The van der Waals surface area contributed by atoms with E-state index in [1.807, 2.05) is 0 Å². The maximum atomic E-state index is 11.1. The molecule has 0 aromatic heterocycles. The van der Waals surface area contributed by atoms with Crippen LogP contribution in [-0.4, -0.2) is 36.0 Å². The summed E-state index contributed by atoms with van der Waals surface area (Å²) in [4.78, 5) is 13.6. The first-order valence-electron chi connectivity index (χ1n) is 4.51. The number of amides is 1. The zero-order chi connectivity index (χ0) is 11.9. The number of nitrogens with one attached hydrogen (secondary N) is 1. The highest BCUT2D eigenvalue weighted by atomic mass is 16.6. The van der Waals surface area contributed by atoms with Gasteiger partial charge in [-0.15, -0.1) is 0 Å². The number of carbonyl (C=O) groups excluding carboxylic acids is 1. The maximum Gasteiger partial charge on any atom is 0.407 e. The highest BCUT2D eigenvalue weighted by molar-refractivity contribution is 5.67. The van der Waals surface area contributed by atoms with Crippen LogP contribution in [0.5, 0.6) is 0 Å². The Balaban J connectivity index is 3.76. The minimum atomic E-state index is -0.895. The van der Waals surface area contributed by atoms with Crippen LogP contribution in [0.1, 0.15) is 20.8 Å². The zero-order valence-electron chi connectivity index (χ0n) is 9.10. The van der Waals surface area contributed by atoms with Crippen molar-refractivity contribution in [3.63, 3.8) is 0 Å². The first-order chi connectivity index (χ1) is 6.85. The lowest BCUT2D eigenvalue weighted by Crippen LogP contribution is -2.37. The molecule has 0 aromatic carbocycles. The van der Waals surface area contributed by atoms with E-state index in [4.69, 9.17) is 10.3 Å². The Morgan fingerprint density at radius 1 is 1.67 bits per heavy atom. The number of nitrogens with zero attached hydrogens (tertiary/aromatic N) is 3. The van der Waals surface area contributed by atoms with Gasteiger partial charge in [0.15, 0.2) is 0 Å². The van der Waals surface area contributed by atoms with Crippen molar-refractivity contribution in [2.45, 2.75) is 32.5 Å². The molecule has 7 heteroatoms. The molecule has 0 aliphatic heterocycles. The summed E-state index contributed by atoms with van der Waals surface area (Å²) in [6.45, 7) is 5.13. The van der Waals surface area contributed by atoms with Crippen LogP contribution < -0.4 is 5.32 Å². The largest absolute Gasteiger partial charge is 0.444 e. The van der Waals surface area contributed by atoms with Crippen LogP contribution in [0.15, 0.2) is 5.11 Å². The Hall–Kier alpha value is -1.46. The average molecular weight is 216 g/mol. The molecule has 0 radical (unpaired) electrons. The van der Waals surface area contributed by atoms with Crippen LogP contribution in [0.25, 0.3) is 10.4 Å². The molecular formula is C8H16N4O3. The third-order valence-electron chi connectivity index (χ3n) is 1.24. The summed E-state index contributed by atoms with van der Waals surface area (Å²) in [7, 11) is 0. The van der Waals surface area contributed by atoms with Crippen molar-refractivity contribution in [3.8, 4) is 0 Å². The summed E-state index contributed by atoms with van der Waals surface area (Å²) < 4.78 is 4.93. The predicted molar refractivity (Wildman–Crippen MR) is 54.3 cm³/mol. The van der Waals surface area contributed by atoms with Gasteiger partial charge in [-0.3, -0.25) is 0 Å². The molecular weight excluding hydrogens is 200 g/mol. The fourth-order valence-electron chi connectivity index (χ4n) is 0.711. The number of aliphatic hydroxyl groups excluding tert-OH is 1. The third kappa shape index (κ3) is 8.86. The van der Waals surface area contributed by atoms with Crippen molar-refractivity contribution in [2.75, 3.05) is 13.1 Å². The minimum Gasteiger partial charge on any atom is -0.444 e. The molecule has 1 amide bonds. The lowest BCUT2D eigenvalue weighted by molar-refractivity contribution is 0.0495. The van der Waals surface area contributed by atoms with E-state index in [9.17, 15) is 9.90 Å². The molecule has 0 aromatic rings. The molecule has 0 rings (SSSR count). The number of azide groups is 1. The normalized spacial score (nSPS) is 12.5. The number of carbonyl (C=O) groups is 1. The summed E-state index contributed by atoms with van der Waals surface area (Å²) in [5, 5.41) is 14.7. The quantitative estimate of drug-likeness (QED) is 0.418. The van der Waals surface area contributed by atoms with Crippen LogP contribution in [0.3, 0.4) is 0 Å². The third-order valence-corrected chi connectivity index (χ3v) is 1.24. The van der Waals surface area contributed by atoms with E-state index in [1.165, 1.54) is 0 Å². The standard InChI is InChI=1S/C8H16N4O3/c1-8(2,3)15-7(14)10-4-6(13)5-11-12-9/h6,13H,4-5H2,1-3H3,(H,10,14)/t6-/m0/s1.